The van der Waals surface area contributed by atoms with Gasteiger partial charge in [0.15, 0.2) is 12.4 Å². The monoisotopic (exact) mass is 709 g/mol. The number of rotatable bonds is 11. The van der Waals surface area contributed by atoms with Crippen molar-refractivity contribution in [1.82, 2.24) is 4.57 Å². The number of amides is 1. The molecule has 11 nitrogen and oxygen atoms in total. The van der Waals surface area contributed by atoms with E-state index in [4.69, 9.17) is 27.2 Å². The predicted octanol–water partition coefficient (Wildman–Crippen LogP) is 4.95. The molecule has 0 saturated carbocycles. The van der Waals surface area contributed by atoms with Crippen molar-refractivity contribution in [2.45, 2.75) is 19.8 Å². The molecule has 14 heteroatoms. The van der Waals surface area contributed by atoms with Crippen molar-refractivity contribution in [1.29, 1.82) is 0 Å². The minimum atomic E-state index is -3.92. The third kappa shape index (κ3) is 9.86. The van der Waals surface area contributed by atoms with Crippen LogP contribution < -0.4 is 29.1 Å². The van der Waals surface area contributed by atoms with Crippen LogP contribution in [0.4, 0.5) is 14.5 Å². The lowest BCUT2D eigenvalue weighted by atomic mass is 10.1. The average molecular weight is 710 g/mol. The molecular formula is C36H37F2N3O8S. The summed E-state index contributed by atoms with van der Waals surface area (Å²) in [6, 6.07) is 17.2. The average Bonchev–Trinajstić information content (AvgIpc) is 3.06. The molecule has 3 aromatic carbocycles. The summed E-state index contributed by atoms with van der Waals surface area (Å²) >= 11 is 0. The van der Waals surface area contributed by atoms with Crippen LogP contribution in [0.15, 0.2) is 90.1 Å². The molecule has 0 bridgehead atoms. The maximum absolute atomic E-state index is 14.1. The number of ether oxygens (including phenoxy) is 3. The Morgan fingerprint density at radius 1 is 0.920 bits per heavy atom. The number of pyridine rings is 2. The number of benzene rings is 3. The Morgan fingerprint density at radius 2 is 1.54 bits per heavy atom. The normalized spacial score (nSPS) is 11.0. The van der Waals surface area contributed by atoms with E-state index in [1.54, 1.807) is 47.9 Å². The number of anilines is 1. The first-order valence-corrected chi connectivity index (χ1v) is 17.2. The first-order chi connectivity index (χ1) is 23.7. The van der Waals surface area contributed by atoms with E-state index < -0.39 is 33.1 Å². The molecule has 0 aliphatic rings. The second-order valence-electron chi connectivity index (χ2n) is 11.2. The summed E-state index contributed by atoms with van der Waals surface area (Å²) in [5.74, 6) is -0.813. The molecule has 0 unspecified atom stereocenters. The highest BCUT2D eigenvalue weighted by atomic mass is 32.2. The molecule has 0 spiro atoms. The van der Waals surface area contributed by atoms with E-state index >= 15 is 0 Å². The standard InChI is InChI=1S/C35H34F2N3O5.CH4O3S/c1-5-39(26-16-24(36)15-25(37)17-26)35(42)32-22-40(33-21-28(43-3)8-9-31(33)34(32)41)27-18-29(44-4)20-30(19-27)45-14-6-7-23-10-12-38(2)13-11-23;1-5(2,3)4/h8-13,15-22H,5-7,14H2,1-4H3;1H3,(H,2,3,4)/q+1;/p-1. The lowest BCUT2D eigenvalue weighted by Crippen LogP contribution is -2.35. The minimum Gasteiger partial charge on any atom is -0.748 e. The number of fused-ring (bicyclic) bond motifs is 1. The maximum Gasteiger partial charge on any atom is 0.263 e. The molecule has 0 radical (unpaired) electrons. The van der Waals surface area contributed by atoms with Crippen LogP contribution in [0.5, 0.6) is 17.2 Å². The second-order valence-corrected chi connectivity index (χ2v) is 12.6. The fourth-order valence-electron chi connectivity index (χ4n) is 5.14. The molecule has 0 saturated heterocycles. The van der Waals surface area contributed by atoms with Gasteiger partial charge < -0.3 is 28.2 Å². The zero-order valence-electron chi connectivity index (χ0n) is 28.2. The SMILES string of the molecule is CCN(C(=O)c1cn(-c2cc(OC)cc(OCCCc3cc[n+](C)cc3)c2)c2cc(OC)ccc2c1=O)c1cc(F)cc(F)c1.CS(=O)(=O)[O-]. The molecule has 1 amide bonds. The van der Waals surface area contributed by atoms with Crippen molar-refractivity contribution in [3.05, 3.63) is 118 Å². The minimum absolute atomic E-state index is 0.00207. The summed E-state index contributed by atoms with van der Waals surface area (Å²) in [6.07, 6.45) is 7.67. The summed E-state index contributed by atoms with van der Waals surface area (Å²) < 4.78 is 76.2. The van der Waals surface area contributed by atoms with Gasteiger partial charge in [-0.15, -0.1) is 0 Å². The summed E-state index contributed by atoms with van der Waals surface area (Å²) in [5, 5.41) is 0.254. The number of hydrogen-bond acceptors (Lipinski definition) is 8. The molecule has 0 atom stereocenters. The number of carbonyl (C=O) groups excluding carboxylic acids is 1. The van der Waals surface area contributed by atoms with Crippen LogP contribution in [0, 0.1) is 11.6 Å². The fraction of sp³-hybridized carbons (Fsp3) is 0.250. The molecule has 0 fully saturated rings. The van der Waals surface area contributed by atoms with Gasteiger partial charge in [0.2, 0.25) is 5.43 Å². The Kier molecular flexibility index (Phi) is 12.3. The van der Waals surface area contributed by atoms with E-state index in [0.29, 0.717) is 41.3 Å². The fourth-order valence-corrected chi connectivity index (χ4v) is 5.14. The van der Waals surface area contributed by atoms with Gasteiger partial charge in [-0.05, 0) is 49.6 Å². The first-order valence-electron chi connectivity index (χ1n) is 15.4. The molecule has 0 N–H and O–H groups in total. The van der Waals surface area contributed by atoms with Gasteiger partial charge in [-0.2, -0.15) is 0 Å². The van der Waals surface area contributed by atoms with Gasteiger partial charge in [0, 0.05) is 72.5 Å². The lowest BCUT2D eigenvalue weighted by Gasteiger charge is -2.22. The molecule has 50 heavy (non-hydrogen) atoms. The van der Waals surface area contributed by atoms with Crippen LogP contribution in [0.2, 0.25) is 0 Å². The van der Waals surface area contributed by atoms with Crippen molar-refractivity contribution in [2.24, 2.45) is 7.05 Å². The topological polar surface area (TPSA) is 131 Å². The molecule has 0 aliphatic heterocycles. The van der Waals surface area contributed by atoms with E-state index in [9.17, 15) is 18.4 Å². The molecule has 2 heterocycles. The number of hydrogen-bond donors (Lipinski definition) is 0. The predicted molar refractivity (Wildman–Crippen MR) is 183 cm³/mol. The Balaban J connectivity index is 0.00000105. The summed E-state index contributed by atoms with van der Waals surface area (Å²) in [7, 11) is 1.11. The number of methoxy groups -OCH3 is 2. The zero-order valence-corrected chi connectivity index (χ0v) is 29.0. The van der Waals surface area contributed by atoms with Crippen LogP contribution in [0.3, 0.4) is 0 Å². The van der Waals surface area contributed by atoms with Gasteiger partial charge in [-0.3, -0.25) is 9.59 Å². The molecule has 2 aromatic heterocycles. The van der Waals surface area contributed by atoms with E-state index in [0.717, 1.165) is 35.9 Å². The number of nitrogens with zero attached hydrogens (tertiary/aromatic N) is 3. The van der Waals surface area contributed by atoms with Crippen molar-refractivity contribution in [3.63, 3.8) is 0 Å². The van der Waals surface area contributed by atoms with Crippen LogP contribution >= 0.6 is 0 Å². The highest BCUT2D eigenvalue weighted by molar-refractivity contribution is 7.84. The highest BCUT2D eigenvalue weighted by Gasteiger charge is 2.23. The van der Waals surface area contributed by atoms with Crippen molar-refractivity contribution >= 4 is 32.6 Å². The van der Waals surface area contributed by atoms with E-state index in [-0.39, 0.29) is 23.2 Å². The smallest absolute Gasteiger partial charge is 0.263 e. The number of halogens is 2. The Morgan fingerprint density at radius 3 is 2.14 bits per heavy atom. The van der Waals surface area contributed by atoms with E-state index in [2.05, 4.69) is 12.1 Å². The Labute approximate surface area is 288 Å². The molecule has 5 aromatic rings. The number of carbonyl (C=O) groups is 1. The van der Waals surface area contributed by atoms with Crippen LogP contribution in [-0.4, -0.2) is 57.1 Å². The van der Waals surface area contributed by atoms with Gasteiger partial charge in [-0.25, -0.2) is 21.8 Å². The summed E-state index contributed by atoms with van der Waals surface area (Å²) in [5.41, 5.74) is 1.54. The Hall–Kier alpha value is -5.34. The maximum atomic E-state index is 14.1. The number of aryl methyl sites for hydroxylation is 2. The lowest BCUT2D eigenvalue weighted by molar-refractivity contribution is -0.671. The zero-order chi connectivity index (χ0) is 36.6. The Bertz CT molecular complexity index is 2130. The molecule has 0 aliphatic carbocycles. The van der Waals surface area contributed by atoms with Crippen LogP contribution in [0.25, 0.3) is 16.6 Å². The molecule has 264 valence electrons. The first kappa shape index (κ1) is 37.5. The van der Waals surface area contributed by atoms with Gasteiger partial charge in [0.1, 0.15) is 41.5 Å². The third-order valence-electron chi connectivity index (χ3n) is 7.47. The quantitative estimate of drug-likeness (QED) is 0.107. The number of aromatic nitrogens is 2. The summed E-state index contributed by atoms with van der Waals surface area (Å²) in [6.45, 7) is 2.18. The molecule has 5 rings (SSSR count). The second kappa shape index (κ2) is 16.4. The van der Waals surface area contributed by atoms with Gasteiger partial charge in [0.05, 0.1) is 42.1 Å². The third-order valence-corrected chi connectivity index (χ3v) is 7.47. The van der Waals surface area contributed by atoms with Gasteiger partial charge >= 0.3 is 0 Å². The van der Waals surface area contributed by atoms with E-state index in [1.807, 2.05) is 24.0 Å². The summed E-state index contributed by atoms with van der Waals surface area (Å²) in [4.78, 5) is 28.8. The largest absolute Gasteiger partial charge is 0.748 e. The van der Waals surface area contributed by atoms with Crippen molar-refractivity contribution < 1.29 is 45.3 Å². The highest BCUT2D eigenvalue weighted by Crippen LogP contribution is 2.30. The van der Waals surface area contributed by atoms with Crippen LogP contribution in [-0.2, 0) is 23.6 Å². The van der Waals surface area contributed by atoms with E-state index in [1.165, 1.54) is 26.0 Å². The van der Waals surface area contributed by atoms with Crippen molar-refractivity contribution in [3.8, 4) is 22.9 Å². The van der Waals surface area contributed by atoms with Crippen molar-refractivity contribution in [2.75, 3.05) is 38.5 Å². The van der Waals surface area contributed by atoms with Gasteiger partial charge in [0.25, 0.3) is 5.91 Å². The van der Waals surface area contributed by atoms with Crippen LogP contribution in [0.1, 0.15) is 29.3 Å². The molecular weight excluding hydrogens is 672 g/mol. The van der Waals surface area contributed by atoms with Gasteiger partial charge in [-0.1, -0.05) is 0 Å².